The Morgan fingerprint density at radius 3 is 2.38 bits per heavy atom. The van der Waals surface area contributed by atoms with E-state index in [-0.39, 0.29) is 42.2 Å². The van der Waals surface area contributed by atoms with E-state index in [2.05, 4.69) is 0 Å². The number of rotatable bonds is 12. The van der Waals surface area contributed by atoms with Crippen molar-refractivity contribution in [2.24, 2.45) is 5.73 Å². The van der Waals surface area contributed by atoms with E-state index < -0.39 is 11.9 Å². The van der Waals surface area contributed by atoms with Gasteiger partial charge in [-0.3, -0.25) is 19.8 Å². The van der Waals surface area contributed by atoms with Crippen LogP contribution in [0.3, 0.4) is 0 Å². The number of hydrogen-bond acceptors (Lipinski definition) is 7. The molecule has 0 radical (unpaired) electrons. The van der Waals surface area contributed by atoms with Gasteiger partial charge in [-0.05, 0) is 48.6 Å². The summed E-state index contributed by atoms with van der Waals surface area (Å²) in [7, 11) is 3.72. The highest BCUT2D eigenvalue weighted by molar-refractivity contribution is 6.07. The first kappa shape index (κ1) is 29.5. The molecule has 0 spiro atoms. The fraction of sp³-hybridized carbons (Fsp3) is 0.448. The lowest BCUT2D eigenvalue weighted by molar-refractivity contribution is -0.137. The molecule has 0 unspecified atom stereocenters. The number of Topliss-reactive ketones (excluding diaryl/α,β-unsaturated/α-hetero) is 1. The number of aliphatic carboxylic acids is 1. The summed E-state index contributed by atoms with van der Waals surface area (Å²) in [6, 6.07) is 6.88. The van der Waals surface area contributed by atoms with Crippen molar-refractivity contribution in [3.05, 3.63) is 52.1 Å². The van der Waals surface area contributed by atoms with Crippen LogP contribution in [-0.2, 0) is 16.8 Å². The Hall–Kier alpha value is -4.08. The Bertz CT molecular complexity index is 1300. The van der Waals surface area contributed by atoms with Crippen LogP contribution in [0.1, 0.15) is 77.9 Å². The minimum absolute atomic E-state index is 0.00982. The summed E-state index contributed by atoms with van der Waals surface area (Å²) in [6.07, 6.45) is 0.377. The van der Waals surface area contributed by atoms with Gasteiger partial charge in [-0.25, -0.2) is 0 Å². The third-order valence-electron chi connectivity index (χ3n) is 6.50. The predicted molar refractivity (Wildman–Crippen MR) is 150 cm³/mol. The van der Waals surface area contributed by atoms with E-state index in [0.29, 0.717) is 47.9 Å². The molecule has 0 aromatic heterocycles. The number of carbonyl (C=O) groups is 3. The number of nitrogens with one attached hydrogen (secondary N) is 1. The average molecular weight is 539 g/mol. The quantitative estimate of drug-likeness (QED) is 0.273. The van der Waals surface area contributed by atoms with Crippen molar-refractivity contribution in [1.82, 2.24) is 4.90 Å². The van der Waals surface area contributed by atoms with E-state index in [9.17, 15) is 14.4 Å². The number of primary amides is 1. The number of anilines is 1. The molecule has 2 aromatic rings. The van der Waals surface area contributed by atoms with Crippen LogP contribution in [0, 0.1) is 5.41 Å². The van der Waals surface area contributed by atoms with E-state index in [1.165, 1.54) is 0 Å². The summed E-state index contributed by atoms with van der Waals surface area (Å²) < 4.78 is 11.7. The Kier molecular flexibility index (Phi) is 8.88. The van der Waals surface area contributed by atoms with Crippen molar-refractivity contribution >= 4 is 29.2 Å². The van der Waals surface area contributed by atoms with Crippen molar-refractivity contribution in [1.29, 1.82) is 5.41 Å². The molecule has 10 heteroatoms. The number of carbonyl (C=O) groups excluding carboxylic acids is 2. The fourth-order valence-electron chi connectivity index (χ4n) is 4.51. The third kappa shape index (κ3) is 6.68. The molecule has 0 aliphatic carbocycles. The number of carboxylic acids is 1. The van der Waals surface area contributed by atoms with Gasteiger partial charge >= 0.3 is 5.97 Å². The maximum Gasteiger partial charge on any atom is 0.303 e. The molecule has 0 atom stereocenters. The van der Waals surface area contributed by atoms with Gasteiger partial charge in [0.2, 0.25) is 0 Å². The van der Waals surface area contributed by atoms with E-state index in [4.69, 9.17) is 25.7 Å². The molecule has 10 nitrogen and oxygen atoms in total. The molecule has 1 aliphatic rings. The van der Waals surface area contributed by atoms with Gasteiger partial charge in [-0.2, -0.15) is 0 Å². The first-order chi connectivity index (χ1) is 18.2. The SMILES string of the molecule is CCOc1cc2c(cc1C(N)=O)C(=N)N(CC(=O)c1cc(N(C)C)c(OCCCC(=O)O)c(C(C)(C)C)c1)C2. The Morgan fingerprint density at radius 1 is 1.13 bits per heavy atom. The average Bonchev–Trinajstić information content (AvgIpc) is 3.14. The minimum atomic E-state index is -0.877. The molecule has 1 amide bonds. The molecule has 0 saturated heterocycles. The molecule has 1 aliphatic heterocycles. The summed E-state index contributed by atoms with van der Waals surface area (Å²) in [6.45, 7) is 8.80. The predicted octanol–water partition coefficient (Wildman–Crippen LogP) is 3.82. The zero-order valence-corrected chi connectivity index (χ0v) is 23.5. The van der Waals surface area contributed by atoms with Crippen LogP contribution in [0.2, 0.25) is 0 Å². The van der Waals surface area contributed by atoms with Crippen molar-refractivity contribution < 1.29 is 29.0 Å². The van der Waals surface area contributed by atoms with Gasteiger partial charge in [-0.1, -0.05) is 20.8 Å². The number of ether oxygens (including phenoxy) is 2. The fourth-order valence-corrected chi connectivity index (χ4v) is 4.51. The van der Waals surface area contributed by atoms with Crippen molar-refractivity contribution in [2.75, 3.05) is 38.8 Å². The van der Waals surface area contributed by atoms with Crippen LogP contribution in [0.15, 0.2) is 24.3 Å². The summed E-state index contributed by atoms with van der Waals surface area (Å²) in [5.41, 5.74) is 8.75. The molecule has 0 fully saturated rings. The lowest BCUT2D eigenvalue weighted by Crippen LogP contribution is -2.30. The van der Waals surface area contributed by atoms with Gasteiger partial charge in [0.25, 0.3) is 5.91 Å². The molecule has 3 rings (SSSR count). The van der Waals surface area contributed by atoms with E-state index in [1.807, 2.05) is 52.8 Å². The van der Waals surface area contributed by atoms with Crippen LogP contribution in [-0.4, -0.2) is 67.4 Å². The second-order valence-electron chi connectivity index (χ2n) is 10.8. The van der Waals surface area contributed by atoms with Crippen molar-refractivity contribution in [3.8, 4) is 11.5 Å². The number of amidine groups is 1. The maximum atomic E-state index is 13.6. The lowest BCUT2D eigenvalue weighted by Gasteiger charge is -2.28. The number of nitrogens with two attached hydrogens (primary N) is 1. The molecular formula is C29H38N4O6. The van der Waals surface area contributed by atoms with Crippen LogP contribution in [0.5, 0.6) is 11.5 Å². The molecule has 0 saturated carbocycles. The van der Waals surface area contributed by atoms with Crippen molar-refractivity contribution in [3.63, 3.8) is 0 Å². The van der Waals surface area contributed by atoms with Crippen LogP contribution >= 0.6 is 0 Å². The molecule has 210 valence electrons. The molecule has 39 heavy (non-hydrogen) atoms. The Morgan fingerprint density at radius 2 is 1.82 bits per heavy atom. The second-order valence-corrected chi connectivity index (χ2v) is 10.8. The smallest absolute Gasteiger partial charge is 0.303 e. The van der Waals surface area contributed by atoms with Gasteiger partial charge in [0, 0.05) is 43.8 Å². The zero-order chi connectivity index (χ0) is 29.1. The molecule has 4 N–H and O–H groups in total. The number of benzene rings is 2. The van der Waals surface area contributed by atoms with E-state index in [0.717, 1.165) is 11.1 Å². The van der Waals surface area contributed by atoms with Crippen LogP contribution < -0.4 is 20.1 Å². The summed E-state index contributed by atoms with van der Waals surface area (Å²) >= 11 is 0. The van der Waals surface area contributed by atoms with E-state index >= 15 is 0 Å². The molecular weight excluding hydrogens is 500 g/mol. The van der Waals surface area contributed by atoms with Crippen molar-refractivity contribution in [2.45, 2.75) is 52.5 Å². The van der Waals surface area contributed by atoms with E-state index in [1.54, 1.807) is 23.1 Å². The number of amides is 1. The summed E-state index contributed by atoms with van der Waals surface area (Å²) in [5, 5.41) is 17.6. The zero-order valence-electron chi connectivity index (χ0n) is 23.5. The first-order valence-corrected chi connectivity index (χ1v) is 12.9. The minimum Gasteiger partial charge on any atom is -0.493 e. The monoisotopic (exact) mass is 538 g/mol. The number of fused-ring (bicyclic) bond motifs is 1. The number of hydrogen-bond donors (Lipinski definition) is 3. The standard InChI is InChI=1S/C29H38N4O6/c1-7-38-24-13-18-15-33(27(30)19(18)14-20(24)28(31)37)16-23(34)17-11-21(29(2,3)4)26(22(12-17)32(5)6)39-10-8-9-25(35)36/h11-14,30H,7-10,15-16H2,1-6H3,(H2,31,37)(H,35,36). The highest BCUT2D eigenvalue weighted by Crippen LogP contribution is 2.40. The summed E-state index contributed by atoms with van der Waals surface area (Å²) in [5.74, 6) is -0.546. The topological polar surface area (TPSA) is 146 Å². The molecule has 1 heterocycles. The first-order valence-electron chi connectivity index (χ1n) is 12.9. The van der Waals surface area contributed by atoms with Gasteiger partial charge in [0.1, 0.15) is 17.3 Å². The Labute approximate surface area is 229 Å². The largest absolute Gasteiger partial charge is 0.493 e. The highest BCUT2D eigenvalue weighted by Gasteiger charge is 2.30. The third-order valence-corrected chi connectivity index (χ3v) is 6.50. The Balaban J connectivity index is 1.91. The lowest BCUT2D eigenvalue weighted by atomic mass is 9.84. The normalized spacial score (nSPS) is 12.8. The molecule has 0 bridgehead atoms. The van der Waals surface area contributed by atoms with Crippen LogP contribution in [0.4, 0.5) is 5.69 Å². The number of nitrogens with zero attached hydrogens (tertiary/aromatic N) is 2. The maximum absolute atomic E-state index is 13.6. The molecule has 2 aromatic carbocycles. The van der Waals surface area contributed by atoms with Crippen LogP contribution in [0.25, 0.3) is 0 Å². The number of ketones is 1. The summed E-state index contributed by atoms with van der Waals surface area (Å²) in [4.78, 5) is 40.0. The van der Waals surface area contributed by atoms with Gasteiger partial charge in [0.05, 0.1) is 31.0 Å². The van der Waals surface area contributed by atoms with Gasteiger partial charge in [0.15, 0.2) is 5.78 Å². The second kappa shape index (κ2) is 11.8. The van der Waals surface area contributed by atoms with Gasteiger partial charge < -0.3 is 30.1 Å². The van der Waals surface area contributed by atoms with Gasteiger partial charge in [-0.15, -0.1) is 0 Å². The number of carboxylic acid groups (broad SMARTS) is 1. The highest BCUT2D eigenvalue weighted by atomic mass is 16.5.